The van der Waals surface area contributed by atoms with Gasteiger partial charge in [0.2, 0.25) is 5.91 Å². The number of rotatable bonds is 4. The molecule has 1 aliphatic heterocycles. The summed E-state index contributed by atoms with van der Waals surface area (Å²) in [7, 11) is 0. The molecule has 20 heavy (non-hydrogen) atoms. The highest BCUT2D eigenvalue weighted by molar-refractivity contribution is 5.81. The molecule has 0 aromatic rings. The predicted octanol–water partition coefficient (Wildman–Crippen LogP) is 2.05. The van der Waals surface area contributed by atoms with Crippen LogP contribution in [0.1, 0.15) is 48.0 Å². The molecule has 5 nitrogen and oxygen atoms in total. The Bertz CT molecular complexity index is 375. The van der Waals surface area contributed by atoms with Crippen molar-refractivity contribution in [2.75, 3.05) is 0 Å². The Morgan fingerprint density at radius 2 is 1.75 bits per heavy atom. The van der Waals surface area contributed by atoms with Crippen molar-refractivity contribution in [1.82, 2.24) is 5.32 Å². The number of carboxylic acids is 1. The van der Waals surface area contributed by atoms with Gasteiger partial charge in [-0.05, 0) is 25.2 Å². The van der Waals surface area contributed by atoms with Crippen LogP contribution in [-0.2, 0) is 14.3 Å². The number of hydrogen-bond acceptors (Lipinski definition) is 3. The number of carbonyl (C=O) groups excluding carboxylic acids is 1. The lowest BCUT2D eigenvalue weighted by Gasteiger charge is -2.32. The van der Waals surface area contributed by atoms with Gasteiger partial charge in [-0.2, -0.15) is 0 Å². The van der Waals surface area contributed by atoms with Crippen LogP contribution in [0.4, 0.5) is 0 Å². The van der Waals surface area contributed by atoms with E-state index in [2.05, 4.69) is 5.32 Å². The Hall–Kier alpha value is -1.10. The molecule has 0 radical (unpaired) electrons. The molecule has 0 aliphatic carbocycles. The molecule has 2 N–H and O–H groups in total. The van der Waals surface area contributed by atoms with Crippen LogP contribution < -0.4 is 5.32 Å². The largest absolute Gasteiger partial charge is 0.481 e. The smallest absolute Gasteiger partial charge is 0.305 e. The first kappa shape index (κ1) is 17.0. The van der Waals surface area contributed by atoms with E-state index < -0.39 is 5.97 Å². The van der Waals surface area contributed by atoms with Crippen LogP contribution >= 0.6 is 0 Å². The lowest BCUT2D eigenvalue weighted by Crippen LogP contribution is -2.49. The van der Waals surface area contributed by atoms with Gasteiger partial charge in [0.25, 0.3) is 0 Å². The number of nitrogens with one attached hydrogen (secondary N) is 1. The molecule has 0 spiro atoms. The molecule has 1 saturated heterocycles. The Morgan fingerprint density at radius 3 is 2.10 bits per heavy atom. The Balaban J connectivity index is 2.78. The van der Waals surface area contributed by atoms with E-state index in [1.54, 1.807) is 0 Å². The normalized spacial score (nSPS) is 31.9. The summed E-state index contributed by atoms with van der Waals surface area (Å²) >= 11 is 0. The third-order valence-electron chi connectivity index (χ3n) is 4.29. The highest BCUT2D eigenvalue weighted by Crippen LogP contribution is 2.33. The molecule has 1 heterocycles. The van der Waals surface area contributed by atoms with Gasteiger partial charge in [-0.3, -0.25) is 9.59 Å². The summed E-state index contributed by atoms with van der Waals surface area (Å²) in [6.45, 7) is 11.7. The molecule has 5 unspecified atom stereocenters. The molecule has 1 amide bonds. The minimum atomic E-state index is -0.901. The van der Waals surface area contributed by atoms with Crippen molar-refractivity contribution in [2.45, 2.75) is 66.2 Å². The van der Waals surface area contributed by atoms with Gasteiger partial charge in [0.05, 0.1) is 24.5 Å². The number of ether oxygens (including phenoxy) is 1. The average Bonchev–Trinajstić information content (AvgIpc) is 2.50. The maximum absolute atomic E-state index is 12.5. The van der Waals surface area contributed by atoms with Crippen molar-refractivity contribution >= 4 is 11.9 Å². The SMILES string of the molecule is CC1OC(C)C(C(=O)NC(CC(=O)O)C(C)(C)C)C1C. The number of carboxylic acid groups (broad SMARTS) is 1. The van der Waals surface area contributed by atoms with Crippen molar-refractivity contribution in [2.24, 2.45) is 17.3 Å². The van der Waals surface area contributed by atoms with Crippen molar-refractivity contribution in [3.05, 3.63) is 0 Å². The van der Waals surface area contributed by atoms with Crippen LogP contribution in [0.2, 0.25) is 0 Å². The van der Waals surface area contributed by atoms with Crippen LogP contribution in [0.25, 0.3) is 0 Å². The molecule has 116 valence electrons. The topological polar surface area (TPSA) is 75.6 Å². The third kappa shape index (κ3) is 3.95. The predicted molar refractivity (Wildman–Crippen MR) is 76.3 cm³/mol. The van der Waals surface area contributed by atoms with Gasteiger partial charge in [-0.25, -0.2) is 0 Å². The van der Waals surface area contributed by atoms with E-state index >= 15 is 0 Å². The van der Waals surface area contributed by atoms with Gasteiger partial charge >= 0.3 is 5.97 Å². The minimum absolute atomic E-state index is 0.0494. The summed E-state index contributed by atoms with van der Waals surface area (Å²) in [6, 6.07) is -0.386. The Labute approximate surface area is 121 Å². The fourth-order valence-electron chi connectivity index (χ4n) is 2.73. The summed E-state index contributed by atoms with van der Waals surface area (Å²) in [4.78, 5) is 23.4. The van der Waals surface area contributed by atoms with E-state index in [4.69, 9.17) is 9.84 Å². The number of amides is 1. The summed E-state index contributed by atoms with van der Waals surface area (Å²) < 4.78 is 5.68. The van der Waals surface area contributed by atoms with Gasteiger partial charge in [-0.15, -0.1) is 0 Å². The van der Waals surface area contributed by atoms with Gasteiger partial charge in [-0.1, -0.05) is 27.7 Å². The third-order valence-corrected chi connectivity index (χ3v) is 4.29. The van der Waals surface area contributed by atoms with Crippen LogP contribution in [0.3, 0.4) is 0 Å². The first-order valence-corrected chi connectivity index (χ1v) is 7.21. The van der Waals surface area contributed by atoms with E-state index in [0.717, 1.165) is 0 Å². The second-order valence-corrected chi connectivity index (χ2v) is 6.96. The highest BCUT2D eigenvalue weighted by Gasteiger charge is 2.42. The number of hydrogen-bond donors (Lipinski definition) is 2. The van der Waals surface area contributed by atoms with Crippen molar-refractivity contribution in [3.8, 4) is 0 Å². The van der Waals surface area contributed by atoms with E-state index in [1.165, 1.54) is 0 Å². The van der Waals surface area contributed by atoms with E-state index in [-0.39, 0.29) is 47.8 Å². The highest BCUT2D eigenvalue weighted by atomic mass is 16.5. The summed E-state index contributed by atoms with van der Waals surface area (Å²) in [5.41, 5.74) is -0.300. The molecular weight excluding hydrogens is 258 g/mol. The summed E-state index contributed by atoms with van der Waals surface area (Å²) in [6.07, 6.45) is -0.153. The fourth-order valence-corrected chi connectivity index (χ4v) is 2.73. The lowest BCUT2D eigenvalue weighted by molar-refractivity contribution is -0.139. The van der Waals surface area contributed by atoms with Crippen molar-refractivity contribution < 1.29 is 19.4 Å². The zero-order valence-corrected chi connectivity index (χ0v) is 13.3. The van der Waals surface area contributed by atoms with Crippen molar-refractivity contribution in [3.63, 3.8) is 0 Å². The van der Waals surface area contributed by atoms with E-state index in [1.807, 2.05) is 41.5 Å². The summed E-state index contributed by atoms with van der Waals surface area (Å²) in [5.74, 6) is -1.09. The molecule has 5 atom stereocenters. The second-order valence-electron chi connectivity index (χ2n) is 6.96. The Kier molecular flexibility index (Phi) is 5.19. The standard InChI is InChI=1S/C15H27NO4/c1-8-9(2)20-10(3)13(8)14(19)16-11(7-12(17)18)15(4,5)6/h8-11,13H,7H2,1-6H3,(H,16,19)(H,17,18). The molecule has 0 aromatic carbocycles. The molecule has 0 aromatic heterocycles. The van der Waals surface area contributed by atoms with Gasteiger partial charge < -0.3 is 15.2 Å². The minimum Gasteiger partial charge on any atom is -0.481 e. The molecule has 1 rings (SSSR count). The quantitative estimate of drug-likeness (QED) is 0.829. The first-order chi connectivity index (χ1) is 9.04. The molecule has 1 aliphatic rings. The number of carbonyl (C=O) groups is 2. The fraction of sp³-hybridized carbons (Fsp3) is 0.867. The van der Waals surface area contributed by atoms with Crippen LogP contribution in [0, 0.1) is 17.3 Å². The van der Waals surface area contributed by atoms with Gasteiger partial charge in [0, 0.05) is 6.04 Å². The molecule has 5 heteroatoms. The zero-order chi connectivity index (χ0) is 15.7. The van der Waals surface area contributed by atoms with Crippen LogP contribution in [0.15, 0.2) is 0 Å². The lowest BCUT2D eigenvalue weighted by atomic mass is 9.83. The van der Waals surface area contributed by atoms with Crippen molar-refractivity contribution in [1.29, 1.82) is 0 Å². The van der Waals surface area contributed by atoms with Gasteiger partial charge in [0.1, 0.15) is 0 Å². The summed E-state index contributed by atoms with van der Waals surface area (Å²) in [5, 5.41) is 11.9. The maximum atomic E-state index is 12.5. The zero-order valence-electron chi connectivity index (χ0n) is 13.3. The molecule has 0 saturated carbocycles. The molecule has 1 fully saturated rings. The maximum Gasteiger partial charge on any atom is 0.305 e. The average molecular weight is 285 g/mol. The number of aliphatic carboxylic acids is 1. The van der Waals surface area contributed by atoms with Crippen LogP contribution in [-0.4, -0.2) is 35.2 Å². The monoisotopic (exact) mass is 285 g/mol. The van der Waals surface area contributed by atoms with Gasteiger partial charge in [0.15, 0.2) is 0 Å². The Morgan fingerprint density at radius 1 is 1.20 bits per heavy atom. The van der Waals surface area contributed by atoms with E-state index in [9.17, 15) is 9.59 Å². The van der Waals surface area contributed by atoms with E-state index in [0.29, 0.717) is 0 Å². The van der Waals surface area contributed by atoms with Crippen LogP contribution in [0.5, 0.6) is 0 Å². The molecule has 0 bridgehead atoms. The second kappa shape index (κ2) is 6.12. The molecular formula is C15H27NO4. The first-order valence-electron chi connectivity index (χ1n) is 7.21.